The minimum Gasteiger partial charge on any atom is -0.497 e. The lowest BCUT2D eigenvalue weighted by Gasteiger charge is -2.36. The van der Waals surface area contributed by atoms with E-state index in [9.17, 15) is 4.79 Å². The van der Waals surface area contributed by atoms with E-state index in [2.05, 4.69) is 36.0 Å². The van der Waals surface area contributed by atoms with Crippen molar-refractivity contribution in [2.24, 2.45) is 0 Å². The number of methoxy groups -OCH3 is 2. The summed E-state index contributed by atoms with van der Waals surface area (Å²) in [6.07, 6.45) is 2.98. The first-order valence-corrected chi connectivity index (χ1v) is 10.4. The highest BCUT2D eigenvalue weighted by Gasteiger charge is 2.51. The van der Waals surface area contributed by atoms with Crippen LogP contribution < -0.4 is 19.5 Å². The van der Waals surface area contributed by atoms with Gasteiger partial charge in [0.05, 0.1) is 24.5 Å². The highest BCUT2D eigenvalue weighted by molar-refractivity contribution is 8.00. The molecule has 2 aromatic rings. The van der Waals surface area contributed by atoms with Gasteiger partial charge in [-0.15, -0.1) is 0 Å². The van der Waals surface area contributed by atoms with Crippen LogP contribution in [0, 0.1) is 0 Å². The molecule has 2 aliphatic rings. The lowest BCUT2D eigenvalue weighted by atomic mass is 9.65. The van der Waals surface area contributed by atoms with E-state index in [1.807, 2.05) is 18.2 Å². The SMILES string of the molecule is COc1ccc(SNc2cc(C(C)C)c3c(c2)C2(CCC2)C(=O)N3)c(OC)c1. The van der Waals surface area contributed by atoms with Crippen LogP contribution in [0.4, 0.5) is 11.4 Å². The molecule has 28 heavy (non-hydrogen) atoms. The van der Waals surface area contributed by atoms with Gasteiger partial charge in [0.1, 0.15) is 11.5 Å². The lowest BCUT2D eigenvalue weighted by Crippen LogP contribution is -2.40. The lowest BCUT2D eigenvalue weighted by molar-refractivity contribution is -0.123. The molecule has 0 atom stereocenters. The maximum atomic E-state index is 12.7. The third kappa shape index (κ3) is 3.00. The molecule has 2 aromatic carbocycles. The Hall–Kier alpha value is -2.34. The van der Waals surface area contributed by atoms with Crippen LogP contribution in [-0.4, -0.2) is 20.1 Å². The largest absolute Gasteiger partial charge is 0.497 e. The van der Waals surface area contributed by atoms with Crippen molar-refractivity contribution in [1.82, 2.24) is 0 Å². The summed E-state index contributed by atoms with van der Waals surface area (Å²) in [7, 11) is 3.30. The van der Waals surface area contributed by atoms with Crippen LogP contribution in [-0.2, 0) is 10.2 Å². The Labute approximate surface area is 170 Å². The number of anilines is 2. The van der Waals surface area contributed by atoms with Gasteiger partial charge in [-0.25, -0.2) is 0 Å². The number of carbonyl (C=O) groups excluding carboxylic acids is 1. The van der Waals surface area contributed by atoms with Crippen molar-refractivity contribution in [3.63, 3.8) is 0 Å². The summed E-state index contributed by atoms with van der Waals surface area (Å²) in [5, 5.41) is 3.16. The smallest absolute Gasteiger partial charge is 0.235 e. The Morgan fingerprint density at radius 2 is 1.93 bits per heavy atom. The third-order valence-corrected chi connectivity index (χ3v) is 6.73. The van der Waals surface area contributed by atoms with Crippen LogP contribution in [0.2, 0.25) is 0 Å². The van der Waals surface area contributed by atoms with Gasteiger partial charge in [-0.05, 0) is 66.1 Å². The van der Waals surface area contributed by atoms with Gasteiger partial charge in [0, 0.05) is 17.4 Å². The van der Waals surface area contributed by atoms with E-state index in [0.717, 1.165) is 52.6 Å². The Balaban J connectivity index is 1.65. The van der Waals surface area contributed by atoms with Gasteiger partial charge in [-0.2, -0.15) is 0 Å². The molecule has 1 aliphatic carbocycles. The molecule has 1 saturated carbocycles. The second-order valence-corrected chi connectivity index (χ2v) is 8.60. The minimum atomic E-state index is -0.320. The van der Waals surface area contributed by atoms with Gasteiger partial charge < -0.3 is 19.5 Å². The second kappa shape index (κ2) is 7.24. The zero-order valence-corrected chi connectivity index (χ0v) is 17.5. The van der Waals surface area contributed by atoms with Crippen molar-refractivity contribution >= 4 is 29.2 Å². The first-order chi connectivity index (χ1) is 13.5. The molecule has 2 N–H and O–H groups in total. The van der Waals surface area contributed by atoms with E-state index >= 15 is 0 Å². The summed E-state index contributed by atoms with van der Waals surface area (Å²) in [5.41, 5.74) is 4.05. The van der Waals surface area contributed by atoms with Gasteiger partial charge in [-0.1, -0.05) is 20.3 Å². The van der Waals surface area contributed by atoms with Gasteiger partial charge in [0.2, 0.25) is 5.91 Å². The summed E-state index contributed by atoms with van der Waals surface area (Å²) in [6.45, 7) is 4.33. The maximum absolute atomic E-state index is 12.7. The van der Waals surface area contributed by atoms with E-state index in [0.29, 0.717) is 5.92 Å². The highest BCUT2D eigenvalue weighted by atomic mass is 32.2. The van der Waals surface area contributed by atoms with Crippen LogP contribution in [0.25, 0.3) is 0 Å². The molecule has 0 unspecified atom stereocenters. The van der Waals surface area contributed by atoms with Crippen molar-refractivity contribution in [2.45, 2.75) is 49.3 Å². The molecule has 6 heteroatoms. The van der Waals surface area contributed by atoms with Crippen LogP contribution in [0.3, 0.4) is 0 Å². The number of carbonyl (C=O) groups is 1. The summed E-state index contributed by atoms with van der Waals surface area (Å²) < 4.78 is 14.2. The number of benzene rings is 2. The van der Waals surface area contributed by atoms with Crippen molar-refractivity contribution < 1.29 is 14.3 Å². The quantitative estimate of drug-likeness (QED) is 0.645. The van der Waals surface area contributed by atoms with Crippen molar-refractivity contribution in [1.29, 1.82) is 0 Å². The highest BCUT2D eigenvalue weighted by Crippen LogP contribution is 2.53. The topological polar surface area (TPSA) is 59.6 Å². The summed E-state index contributed by atoms with van der Waals surface area (Å²) in [6, 6.07) is 10.1. The molecule has 5 nitrogen and oxygen atoms in total. The Morgan fingerprint density at radius 3 is 2.54 bits per heavy atom. The molecule has 1 heterocycles. The standard InChI is InChI=1S/C22H26N2O3S/c1-13(2)16-10-14(11-17-20(16)23-21(25)22(17)8-5-9-22)24-28-19-7-6-15(26-3)12-18(19)27-4/h6-7,10-13,24H,5,8-9H2,1-4H3,(H,23,25). The fourth-order valence-electron chi connectivity index (χ4n) is 4.05. The van der Waals surface area contributed by atoms with Crippen LogP contribution in [0.15, 0.2) is 35.2 Å². The molecular formula is C22H26N2O3S. The van der Waals surface area contributed by atoms with Crippen molar-refractivity contribution in [2.75, 3.05) is 24.3 Å². The molecule has 1 spiro atoms. The fourth-order valence-corrected chi connectivity index (χ4v) is 4.78. The predicted octanol–water partition coefficient (Wildman–Crippen LogP) is 5.32. The monoisotopic (exact) mass is 398 g/mol. The molecular weight excluding hydrogens is 372 g/mol. The molecule has 148 valence electrons. The number of rotatable bonds is 6. The van der Waals surface area contributed by atoms with Gasteiger partial charge in [0.15, 0.2) is 0 Å². The molecule has 1 aliphatic heterocycles. The Kier molecular flexibility index (Phi) is 4.91. The fraction of sp³-hybridized carbons (Fsp3) is 0.409. The first kappa shape index (κ1) is 19.0. The van der Waals surface area contributed by atoms with E-state index < -0.39 is 0 Å². The van der Waals surface area contributed by atoms with E-state index in [-0.39, 0.29) is 11.3 Å². The number of ether oxygens (including phenoxy) is 2. The normalized spacial score (nSPS) is 16.5. The Bertz CT molecular complexity index is 922. The molecule has 0 bridgehead atoms. The maximum Gasteiger partial charge on any atom is 0.235 e. The number of amides is 1. The predicted molar refractivity (Wildman–Crippen MR) is 114 cm³/mol. The number of hydrogen-bond donors (Lipinski definition) is 2. The first-order valence-electron chi connectivity index (χ1n) is 9.63. The van der Waals surface area contributed by atoms with Crippen molar-refractivity contribution in [3.05, 3.63) is 41.5 Å². The second-order valence-electron chi connectivity index (χ2n) is 7.75. The molecule has 4 rings (SSSR count). The van der Waals surface area contributed by atoms with Crippen LogP contribution in [0.1, 0.15) is 50.2 Å². The van der Waals surface area contributed by atoms with E-state index in [4.69, 9.17) is 9.47 Å². The average Bonchev–Trinajstić information content (AvgIpc) is 2.97. The Morgan fingerprint density at radius 1 is 1.14 bits per heavy atom. The molecule has 0 aromatic heterocycles. The zero-order chi connectivity index (χ0) is 19.9. The van der Waals surface area contributed by atoms with Gasteiger partial charge in [0.25, 0.3) is 0 Å². The van der Waals surface area contributed by atoms with E-state index in [1.165, 1.54) is 17.5 Å². The number of hydrogen-bond acceptors (Lipinski definition) is 5. The summed E-state index contributed by atoms with van der Waals surface area (Å²) in [4.78, 5) is 13.7. The molecule has 0 saturated heterocycles. The third-order valence-electron chi connectivity index (χ3n) is 5.84. The number of nitrogens with one attached hydrogen (secondary N) is 2. The average molecular weight is 399 g/mol. The molecule has 1 amide bonds. The molecule has 1 fully saturated rings. The van der Waals surface area contributed by atoms with Crippen LogP contribution >= 0.6 is 11.9 Å². The summed E-state index contributed by atoms with van der Waals surface area (Å²) >= 11 is 1.50. The van der Waals surface area contributed by atoms with E-state index in [1.54, 1.807) is 14.2 Å². The molecule has 0 radical (unpaired) electrons. The zero-order valence-electron chi connectivity index (χ0n) is 16.7. The van der Waals surface area contributed by atoms with Gasteiger partial charge in [-0.3, -0.25) is 4.79 Å². The van der Waals surface area contributed by atoms with Gasteiger partial charge >= 0.3 is 0 Å². The summed E-state index contributed by atoms with van der Waals surface area (Å²) in [5.74, 6) is 2.01. The minimum absolute atomic E-state index is 0.164. The van der Waals surface area contributed by atoms with Crippen molar-refractivity contribution in [3.8, 4) is 11.5 Å². The van der Waals surface area contributed by atoms with Crippen LogP contribution in [0.5, 0.6) is 11.5 Å². The number of fused-ring (bicyclic) bond motifs is 2.